The van der Waals surface area contributed by atoms with Gasteiger partial charge in [0.25, 0.3) is 0 Å². The van der Waals surface area contributed by atoms with E-state index in [0.29, 0.717) is 12.8 Å². The highest BCUT2D eigenvalue weighted by molar-refractivity contribution is 5.90. The van der Waals surface area contributed by atoms with Crippen LogP contribution in [0.2, 0.25) is 0 Å². The number of amides is 2. The molecule has 2 atom stereocenters. The van der Waals surface area contributed by atoms with Gasteiger partial charge >= 0.3 is 0 Å². The summed E-state index contributed by atoms with van der Waals surface area (Å²) < 4.78 is 0. The number of rotatable bonds is 3. The molecule has 1 rings (SSSR count). The molecule has 1 heterocycles. The van der Waals surface area contributed by atoms with Crippen molar-refractivity contribution >= 4 is 11.8 Å². The zero-order chi connectivity index (χ0) is 10.7. The maximum atomic E-state index is 11.7. The zero-order valence-corrected chi connectivity index (χ0v) is 9.04. The second kappa shape index (κ2) is 4.44. The first-order valence-electron chi connectivity index (χ1n) is 5.12. The van der Waals surface area contributed by atoms with Gasteiger partial charge in [-0.2, -0.15) is 0 Å². The maximum absolute atomic E-state index is 11.7. The molecule has 4 nitrogen and oxygen atoms in total. The predicted molar refractivity (Wildman–Crippen MR) is 53.7 cm³/mol. The van der Waals surface area contributed by atoms with Crippen molar-refractivity contribution in [3.8, 4) is 0 Å². The fourth-order valence-electron chi connectivity index (χ4n) is 1.55. The summed E-state index contributed by atoms with van der Waals surface area (Å²) in [6, 6.07) is -0.0666. The van der Waals surface area contributed by atoms with Crippen molar-refractivity contribution in [1.29, 1.82) is 0 Å². The molecule has 14 heavy (non-hydrogen) atoms. The standard InChI is InChI=1S/C10H18N2O2/c1-4-7(2)11-10(14)8-5-6-9(13)12(8)3/h7-8H,4-6H2,1-3H3,(H,11,14). The molecular weight excluding hydrogens is 180 g/mol. The van der Waals surface area contributed by atoms with Crippen LogP contribution < -0.4 is 5.32 Å². The van der Waals surface area contributed by atoms with Crippen molar-refractivity contribution in [2.75, 3.05) is 7.05 Å². The second-order valence-electron chi connectivity index (χ2n) is 3.88. The highest BCUT2D eigenvalue weighted by atomic mass is 16.2. The number of nitrogens with zero attached hydrogens (tertiary/aromatic N) is 1. The Hall–Kier alpha value is -1.06. The first kappa shape index (κ1) is 11.0. The van der Waals surface area contributed by atoms with Crippen LogP contribution >= 0.6 is 0 Å². The number of hydrogen-bond acceptors (Lipinski definition) is 2. The molecule has 0 bridgehead atoms. The van der Waals surface area contributed by atoms with Gasteiger partial charge in [-0.05, 0) is 19.8 Å². The van der Waals surface area contributed by atoms with Crippen LogP contribution in [0.5, 0.6) is 0 Å². The molecule has 0 aromatic rings. The summed E-state index contributed by atoms with van der Waals surface area (Å²) in [7, 11) is 1.69. The van der Waals surface area contributed by atoms with E-state index in [1.54, 1.807) is 7.05 Å². The number of carbonyl (C=O) groups is 2. The summed E-state index contributed by atoms with van der Waals surface area (Å²) in [5, 5.41) is 2.89. The smallest absolute Gasteiger partial charge is 0.243 e. The van der Waals surface area contributed by atoms with E-state index in [1.807, 2.05) is 13.8 Å². The third-order valence-corrected chi connectivity index (χ3v) is 2.80. The van der Waals surface area contributed by atoms with Gasteiger partial charge in [0.05, 0.1) is 0 Å². The normalized spacial score (nSPS) is 23.8. The fraction of sp³-hybridized carbons (Fsp3) is 0.800. The lowest BCUT2D eigenvalue weighted by Crippen LogP contribution is -2.45. The van der Waals surface area contributed by atoms with Gasteiger partial charge in [-0.25, -0.2) is 0 Å². The van der Waals surface area contributed by atoms with Gasteiger partial charge < -0.3 is 10.2 Å². The van der Waals surface area contributed by atoms with Crippen LogP contribution in [0.3, 0.4) is 0 Å². The van der Waals surface area contributed by atoms with Crippen LogP contribution in [0.4, 0.5) is 0 Å². The quantitative estimate of drug-likeness (QED) is 0.718. The Morgan fingerprint density at radius 1 is 1.71 bits per heavy atom. The summed E-state index contributed by atoms with van der Waals surface area (Å²) in [4.78, 5) is 24.4. The van der Waals surface area contributed by atoms with E-state index in [2.05, 4.69) is 5.32 Å². The van der Waals surface area contributed by atoms with Crippen LogP contribution in [0.1, 0.15) is 33.1 Å². The summed E-state index contributed by atoms with van der Waals surface area (Å²) >= 11 is 0. The lowest BCUT2D eigenvalue weighted by molar-refractivity contribution is -0.134. The summed E-state index contributed by atoms with van der Waals surface area (Å²) in [6.07, 6.45) is 2.06. The number of carbonyl (C=O) groups excluding carboxylic acids is 2. The zero-order valence-electron chi connectivity index (χ0n) is 9.04. The summed E-state index contributed by atoms with van der Waals surface area (Å²) in [6.45, 7) is 3.99. The third kappa shape index (κ3) is 2.25. The molecule has 1 aliphatic rings. The van der Waals surface area contributed by atoms with Crippen molar-refractivity contribution in [2.24, 2.45) is 0 Å². The molecule has 0 aromatic carbocycles. The number of likely N-dealkylation sites (tertiary alicyclic amines) is 1. The van der Waals surface area contributed by atoms with E-state index in [0.717, 1.165) is 6.42 Å². The van der Waals surface area contributed by atoms with E-state index < -0.39 is 0 Å². The molecule has 0 spiro atoms. The average molecular weight is 198 g/mol. The third-order valence-electron chi connectivity index (χ3n) is 2.80. The molecule has 0 radical (unpaired) electrons. The molecule has 4 heteroatoms. The van der Waals surface area contributed by atoms with Gasteiger partial charge in [0.2, 0.25) is 11.8 Å². The van der Waals surface area contributed by atoms with Gasteiger partial charge in [0, 0.05) is 19.5 Å². The minimum Gasteiger partial charge on any atom is -0.352 e. The van der Waals surface area contributed by atoms with Gasteiger partial charge in [0.15, 0.2) is 0 Å². The Morgan fingerprint density at radius 2 is 2.36 bits per heavy atom. The molecule has 1 N–H and O–H groups in total. The van der Waals surface area contributed by atoms with Gasteiger partial charge in [-0.3, -0.25) is 9.59 Å². The lowest BCUT2D eigenvalue weighted by atomic mass is 10.2. The molecule has 1 fully saturated rings. The molecule has 2 amide bonds. The van der Waals surface area contributed by atoms with Crippen molar-refractivity contribution < 1.29 is 9.59 Å². The average Bonchev–Trinajstić information content (AvgIpc) is 2.47. The highest BCUT2D eigenvalue weighted by Crippen LogP contribution is 2.16. The van der Waals surface area contributed by atoms with Crippen molar-refractivity contribution in [3.05, 3.63) is 0 Å². The van der Waals surface area contributed by atoms with E-state index in [1.165, 1.54) is 4.90 Å². The Morgan fingerprint density at radius 3 is 2.79 bits per heavy atom. The molecule has 0 aliphatic carbocycles. The van der Waals surface area contributed by atoms with E-state index in [9.17, 15) is 9.59 Å². The van der Waals surface area contributed by atoms with Crippen molar-refractivity contribution in [2.45, 2.75) is 45.2 Å². The Kier molecular flexibility index (Phi) is 3.49. The van der Waals surface area contributed by atoms with E-state index >= 15 is 0 Å². The van der Waals surface area contributed by atoms with Crippen LogP contribution in [0.15, 0.2) is 0 Å². The molecule has 2 unspecified atom stereocenters. The van der Waals surface area contributed by atoms with Crippen LogP contribution in [-0.2, 0) is 9.59 Å². The SMILES string of the molecule is CCC(C)NC(=O)C1CCC(=O)N1C. The maximum Gasteiger partial charge on any atom is 0.243 e. The fourth-order valence-corrected chi connectivity index (χ4v) is 1.55. The highest BCUT2D eigenvalue weighted by Gasteiger charge is 2.33. The molecular formula is C10H18N2O2. The topological polar surface area (TPSA) is 49.4 Å². The Labute approximate surface area is 84.7 Å². The first-order chi connectivity index (χ1) is 6.56. The molecule has 1 aliphatic heterocycles. The molecule has 0 aromatic heterocycles. The molecule has 0 saturated carbocycles. The monoisotopic (exact) mass is 198 g/mol. The minimum absolute atomic E-state index is 0.0206. The number of hydrogen-bond donors (Lipinski definition) is 1. The van der Waals surface area contributed by atoms with Gasteiger partial charge in [0.1, 0.15) is 6.04 Å². The molecule has 80 valence electrons. The van der Waals surface area contributed by atoms with Gasteiger partial charge in [-0.15, -0.1) is 0 Å². The largest absolute Gasteiger partial charge is 0.352 e. The molecule has 1 saturated heterocycles. The Bertz CT molecular complexity index is 240. The van der Waals surface area contributed by atoms with Gasteiger partial charge in [-0.1, -0.05) is 6.92 Å². The van der Waals surface area contributed by atoms with Crippen LogP contribution in [0, 0.1) is 0 Å². The van der Waals surface area contributed by atoms with E-state index in [4.69, 9.17) is 0 Å². The minimum atomic E-state index is -0.253. The first-order valence-corrected chi connectivity index (χ1v) is 5.12. The van der Waals surface area contributed by atoms with Crippen LogP contribution in [-0.4, -0.2) is 35.8 Å². The second-order valence-corrected chi connectivity index (χ2v) is 3.88. The Balaban J connectivity index is 2.49. The number of nitrogens with one attached hydrogen (secondary N) is 1. The summed E-state index contributed by atoms with van der Waals surface area (Å²) in [5.74, 6) is 0.0435. The summed E-state index contributed by atoms with van der Waals surface area (Å²) in [5.41, 5.74) is 0. The van der Waals surface area contributed by atoms with Crippen molar-refractivity contribution in [1.82, 2.24) is 10.2 Å². The van der Waals surface area contributed by atoms with Crippen LogP contribution in [0.25, 0.3) is 0 Å². The van der Waals surface area contributed by atoms with Crippen molar-refractivity contribution in [3.63, 3.8) is 0 Å². The van der Waals surface area contributed by atoms with E-state index in [-0.39, 0.29) is 23.9 Å². The predicted octanol–water partition coefficient (Wildman–Crippen LogP) is 0.522. The lowest BCUT2D eigenvalue weighted by Gasteiger charge is -2.21. The number of likely N-dealkylation sites (N-methyl/N-ethyl adjacent to an activating group) is 1.